The predicted octanol–water partition coefficient (Wildman–Crippen LogP) is 3.87. The van der Waals surface area contributed by atoms with Crippen LogP contribution in [0, 0.1) is 0 Å². The molecule has 4 heteroatoms. The number of aromatic nitrogens is 3. The van der Waals surface area contributed by atoms with Crippen molar-refractivity contribution < 1.29 is 0 Å². The lowest BCUT2D eigenvalue weighted by molar-refractivity contribution is 0.632. The number of hydrogen-bond donors (Lipinski definition) is 1. The third-order valence-corrected chi connectivity index (χ3v) is 4.82. The summed E-state index contributed by atoms with van der Waals surface area (Å²) < 4.78 is 2.35. The average molecular weight is 326 g/mol. The molecule has 0 fully saturated rings. The Bertz CT molecular complexity index is 1030. The van der Waals surface area contributed by atoms with Gasteiger partial charge in [-0.3, -0.25) is 4.98 Å². The first kappa shape index (κ1) is 14.4. The largest absolute Gasteiger partial charge is 0.322 e. The summed E-state index contributed by atoms with van der Waals surface area (Å²) in [4.78, 5) is 9.12. The van der Waals surface area contributed by atoms with Crippen LogP contribution in [-0.4, -0.2) is 21.1 Å². The molecule has 0 spiro atoms. The van der Waals surface area contributed by atoms with E-state index in [1.54, 1.807) is 6.20 Å². The maximum absolute atomic E-state index is 4.92. The molecule has 2 aromatic heterocycles. The summed E-state index contributed by atoms with van der Waals surface area (Å²) in [5.74, 6) is 1.05. The molecule has 5 rings (SSSR count). The Kier molecular flexibility index (Phi) is 3.35. The SMILES string of the molecule is c1cncc(-c2ccc(-c3nc4cccc5c4n3CCNC5)cc2)c1. The molecular weight excluding hydrogens is 308 g/mol. The van der Waals surface area contributed by atoms with Gasteiger partial charge in [-0.15, -0.1) is 0 Å². The highest BCUT2D eigenvalue weighted by atomic mass is 15.1. The molecule has 0 unspecified atom stereocenters. The molecule has 0 atom stereocenters. The second kappa shape index (κ2) is 5.83. The third-order valence-electron chi connectivity index (χ3n) is 4.82. The van der Waals surface area contributed by atoms with Gasteiger partial charge in [-0.25, -0.2) is 4.98 Å². The maximum atomic E-state index is 4.92. The monoisotopic (exact) mass is 326 g/mol. The standard InChI is InChI=1S/C21H18N4/c1-3-18-14-23-11-12-25-20(18)19(5-1)24-21(25)16-8-6-15(7-9-16)17-4-2-10-22-13-17/h1-10,13,23H,11-12,14H2. The van der Waals surface area contributed by atoms with Crippen molar-refractivity contribution in [3.8, 4) is 22.5 Å². The summed E-state index contributed by atoms with van der Waals surface area (Å²) in [5.41, 5.74) is 7.11. The molecule has 4 nitrogen and oxygen atoms in total. The van der Waals surface area contributed by atoms with Gasteiger partial charge in [0, 0.05) is 37.6 Å². The van der Waals surface area contributed by atoms with E-state index in [0.717, 1.165) is 42.1 Å². The van der Waals surface area contributed by atoms with E-state index in [2.05, 4.69) is 63.4 Å². The van der Waals surface area contributed by atoms with Crippen LogP contribution in [-0.2, 0) is 13.1 Å². The highest BCUT2D eigenvalue weighted by molar-refractivity contribution is 5.84. The van der Waals surface area contributed by atoms with Crippen LogP contribution < -0.4 is 5.32 Å². The number of nitrogens with zero attached hydrogens (tertiary/aromatic N) is 3. The highest BCUT2D eigenvalue weighted by Gasteiger charge is 2.17. The van der Waals surface area contributed by atoms with Crippen molar-refractivity contribution in [2.75, 3.05) is 6.54 Å². The summed E-state index contributed by atoms with van der Waals surface area (Å²) >= 11 is 0. The maximum Gasteiger partial charge on any atom is 0.141 e. The van der Waals surface area contributed by atoms with Crippen LogP contribution >= 0.6 is 0 Å². The van der Waals surface area contributed by atoms with Crippen LogP contribution in [0.1, 0.15) is 5.56 Å². The quantitative estimate of drug-likeness (QED) is 0.608. The molecule has 2 aromatic carbocycles. The Morgan fingerprint density at radius 2 is 1.76 bits per heavy atom. The van der Waals surface area contributed by atoms with Crippen LogP contribution in [0.25, 0.3) is 33.5 Å². The molecule has 122 valence electrons. The molecule has 0 aliphatic carbocycles. The minimum atomic E-state index is 0.905. The van der Waals surface area contributed by atoms with E-state index in [1.807, 2.05) is 12.3 Å². The van der Waals surface area contributed by atoms with Gasteiger partial charge in [0.25, 0.3) is 0 Å². The Morgan fingerprint density at radius 1 is 0.880 bits per heavy atom. The fraction of sp³-hybridized carbons (Fsp3) is 0.143. The first-order chi connectivity index (χ1) is 12.4. The number of pyridine rings is 1. The summed E-state index contributed by atoms with van der Waals surface area (Å²) in [6, 6.07) is 19.0. The Morgan fingerprint density at radius 3 is 2.60 bits per heavy atom. The molecule has 0 amide bonds. The Balaban J connectivity index is 1.62. The minimum absolute atomic E-state index is 0.905. The lowest BCUT2D eigenvalue weighted by atomic mass is 10.1. The minimum Gasteiger partial charge on any atom is -0.322 e. The van der Waals surface area contributed by atoms with E-state index in [1.165, 1.54) is 16.6 Å². The fourth-order valence-corrected chi connectivity index (χ4v) is 3.60. The lowest BCUT2D eigenvalue weighted by Crippen LogP contribution is -2.16. The number of rotatable bonds is 2. The van der Waals surface area contributed by atoms with Crippen molar-refractivity contribution in [3.63, 3.8) is 0 Å². The van der Waals surface area contributed by atoms with E-state index in [0.29, 0.717) is 0 Å². The molecule has 1 aliphatic heterocycles. The number of para-hydroxylation sites is 1. The molecule has 0 radical (unpaired) electrons. The van der Waals surface area contributed by atoms with Gasteiger partial charge < -0.3 is 9.88 Å². The van der Waals surface area contributed by atoms with Crippen LogP contribution in [0.15, 0.2) is 67.0 Å². The van der Waals surface area contributed by atoms with Crippen LogP contribution in [0.3, 0.4) is 0 Å². The summed E-state index contributed by atoms with van der Waals surface area (Å²) in [6.45, 7) is 2.80. The Labute approximate surface area is 146 Å². The third kappa shape index (κ3) is 2.42. The summed E-state index contributed by atoms with van der Waals surface area (Å²) in [5, 5.41) is 3.49. The number of nitrogens with one attached hydrogen (secondary N) is 1. The van der Waals surface area contributed by atoms with Gasteiger partial charge in [0.05, 0.1) is 11.0 Å². The van der Waals surface area contributed by atoms with Crippen molar-refractivity contribution in [3.05, 3.63) is 72.6 Å². The van der Waals surface area contributed by atoms with Gasteiger partial charge >= 0.3 is 0 Å². The van der Waals surface area contributed by atoms with Gasteiger partial charge in [-0.1, -0.05) is 42.5 Å². The second-order valence-corrected chi connectivity index (χ2v) is 6.37. The first-order valence-electron chi connectivity index (χ1n) is 8.60. The van der Waals surface area contributed by atoms with Crippen molar-refractivity contribution in [2.24, 2.45) is 0 Å². The van der Waals surface area contributed by atoms with Crippen molar-refractivity contribution in [1.82, 2.24) is 19.9 Å². The number of benzene rings is 2. The topological polar surface area (TPSA) is 42.7 Å². The zero-order valence-corrected chi connectivity index (χ0v) is 13.8. The molecule has 3 heterocycles. The normalized spacial score (nSPS) is 13.8. The number of hydrogen-bond acceptors (Lipinski definition) is 3. The van der Waals surface area contributed by atoms with E-state index >= 15 is 0 Å². The zero-order valence-electron chi connectivity index (χ0n) is 13.8. The molecule has 1 N–H and O–H groups in total. The molecule has 25 heavy (non-hydrogen) atoms. The summed E-state index contributed by atoms with van der Waals surface area (Å²) in [6.07, 6.45) is 3.69. The molecule has 0 bridgehead atoms. The van der Waals surface area contributed by atoms with Crippen molar-refractivity contribution in [2.45, 2.75) is 13.1 Å². The predicted molar refractivity (Wildman–Crippen MR) is 100 cm³/mol. The molecule has 0 saturated carbocycles. The zero-order chi connectivity index (χ0) is 16.6. The molecular formula is C21H18N4. The molecule has 1 aliphatic rings. The summed E-state index contributed by atoms with van der Waals surface area (Å²) in [7, 11) is 0. The van der Waals surface area contributed by atoms with Crippen molar-refractivity contribution >= 4 is 11.0 Å². The Hall–Kier alpha value is -2.98. The number of imidazole rings is 1. The molecule has 0 saturated heterocycles. The smallest absolute Gasteiger partial charge is 0.141 e. The lowest BCUT2D eigenvalue weighted by Gasteiger charge is -2.08. The van der Waals surface area contributed by atoms with E-state index < -0.39 is 0 Å². The highest BCUT2D eigenvalue weighted by Crippen LogP contribution is 2.29. The van der Waals surface area contributed by atoms with E-state index in [9.17, 15) is 0 Å². The van der Waals surface area contributed by atoms with Crippen LogP contribution in [0.4, 0.5) is 0 Å². The first-order valence-corrected chi connectivity index (χ1v) is 8.60. The van der Waals surface area contributed by atoms with Gasteiger partial charge in [-0.2, -0.15) is 0 Å². The average Bonchev–Trinajstić information content (AvgIpc) is 2.91. The van der Waals surface area contributed by atoms with Gasteiger partial charge in [0.15, 0.2) is 0 Å². The van der Waals surface area contributed by atoms with Crippen molar-refractivity contribution in [1.29, 1.82) is 0 Å². The van der Waals surface area contributed by atoms with E-state index in [4.69, 9.17) is 4.98 Å². The second-order valence-electron chi connectivity index (χ2n) is 6.37. The van der Waals surface area contributed by atoms with E-state index in [-0.39, 0.29) is 0 Å². The van der Waals surface area contributed by atoms with Gasteiger partial charge in [0.1, 0.15) is 5.82 Å². The van der Waals surface area contributed by atoms with Crippen LogP contribution in [0.5, 0.6) is 0 Å². The van der Waals surface area contributed by atoms with Gasteiger partial charge in [0.2, 0.25) is 0 Å². The fourth-order valence-electron chi connectivity index (χ4n) is 3.60. The molecule has 4 aromatic rings. The van der Waals surface area contributed by atoms with Gasteiger partial charge in [-0.05, 0) is 28.8 Å². The van der Waals surface area contributed by atoms with Crippen LogP contribution in [0.2, 0.25) is 0 Å².